The van der Waals surface area contributed by atoms with Crippen molar-refractivity contribution in [1.82, 2.24) is 0 Å². The van der Waals surface area contributed by atoms with Gasteiger partial charge in [-0.1, -0.05) is 0 Å². The molecule has 7 nitrogen and oxygen atoms in total. The Kier molecular flexibility index (Phi) is 8.19. The first-order valence-corrected chi connectivity index (χ1v) is 12.0. The van der Waals surface area contributed by atoms with Gasteiger partial charge in [0.25, 0.3) is 0 Å². The fourth-order valence-corrected chi connectivity index (χ4v) is 6.92. The molecule has 0 fully saturated rings. The minimum absolute atomic E-state index is 0.335. The number of carboxylic acids is 2. The average Bonchev–Trinajstić information content (AvgIpc) is 2.66. The number of carboxylic acid groups (broad SMARTS) is 2. The van der Waals surface area contributed by atoms with E-state index in [0.717, 1.165) is 10.2 Å². The van der Waals surface area contributed by atoms with Crippen LogP contribution in [0.4, 0.5) is 5.69 Å². The normalized spacial score (nSPS) is 11.5. The Hall–Kier alpha value is -2.19. The van der Waals surface area contributed by atoms with Crippen LogP contribution in [0, 0.1) is 0 Å². The third kappa shape index (κ3) is 6.17. The molecule has 0 spiro atoms. The van der Waals surface area contributed by atoms with E-state index in [1.807, 2.05) is 0 Å². The first kappa shape index (κ1) is 22.1. The summed E-state index contributed by atoms with van der Waals surface area (Å²) in [6.45, 7) is 0. The second-order valence-electron chi connectivity index (χ2n) is 5.40. The van der Waals surface area contributed by atoms with Crippen LogP contribution in [0.25, 0.3) is 0 Å². The predicted molar refractivity (Wildman–Crippen MR) is 109 cm³/mol. The van der Waals surface area contributed by atoms with Gasteiger partial charge in [0.1, 0.15) is 0 Å². The SMILES string of the molecule is COc1cccc(C(=O)Nc2ccc(Cl)cc2)c1[Se]SC(CC(=O)O)C(=O)O. The molecule has 3 N–H and O–H groups in total. The van der Waals surface area contributed by atoms with Gasteiger partial charge in [-0.25, -0.2) is 0 Å². The molecule has 2 aromatic rings. The van der Waals surface area contributed by atoms with Crippen LogP contribution < -0.4 is 14.5 Å². The van der Waals surface area contributed by atoms with Crippen molar-refractivity contribution in [3.8, 4) is 5.75 Å². The molecule has 1 unspecified atom stereocenters. The number of aliphatic carboxylic acids is 2. The van der Waals surface area contributed by atoms with Gasteiger partial charge in [0.05, 0.1) is 0 Å². The molecule has 2 rings (SSSR count). The van der Waals surface area contributed by atoms with Crippen LogP contribution in [0.15, 0.2) is 42.5 Å². The second-order valence-corrected chi connectivity index (χ2v) is 9.88. The van der Waals surface area contributed by atoms with Gasteiger partial charge in [-0.2, -0.15) is 0 Å². The van der Waals surface area contributed by atoms with Crippen LogP contribution in [0.3, 0.4) is 0 Å². The van der Waals surface area contributed by atoms with E-state index in [1.165, 1.54) is 7.11 Å². The number of rotatable bonds is 9. The van der Waals surface area contributed by atoms with Gasteiger partial charge >= 0.3 is 176 Å². The van der Waals surface area contributed by atoms with Gasteiger partial charge in [0, 0.05) is 0 Å². The van der Waals surface area contributed by atoms with Crippen LogP contribution in [0.2, 0.25) is 5.02 Å². The second kappa shape index (κ2) is 10.4. The minimum atomic E-state index is -1.21. The zero-order chi connectivity index (χ0) is 20.7. The molecule has 1 amide bonds. The van der Waals surface area contributed by atoms with Crippen molar-refractivity contribution >= 4 is 63.6 Å². The van der Waals surface area contributed by atoms with Crippen LogP contribution >= 0.6 is 21.8 Å². The Labute approximate surface area is 175 Å². The summed E-state index contributed by atoms with van der Waals surface area (Å²) in [6.07, 6.45) is -0.511. The van der Waals surface area contributed by atoms with E-state index in [4.69, 9.17) is 21.4 Å². The van der Waals surface area contributed by atoms with Crippen LogP contribution in [-0.2, 0) is 9.59 Å². The number of anilines is 1. The third-order valence-corrected chi connectivity index (χ3v) is 8.54. The molecule has 0 aliphatic carbocycles. The molecule has 0 bridgehead atoms. The Bertz CT molecular complexity index is 877. The molecular weight excluding hydrogens is 473 g/mol. The zero-order valence-corrected chi connectivity index (χ0v) is 17.8. The quantitative estimate of drug-likeness (QED) is 0.465. The number of amides is 1. The number of ether oxygens (including phenoxy) is 1. The van der Waals surface area contributed by atoms with Gasteiger partial charge in [-0.15, -0.1) is 0 Å². The van der Waals surface area contributed by atoms with E-state index in [1.54, 1.807) is 42.5 Å². The number of nitrogens with one attached hydrogen (secondary N) is 1. The number of carbonyl (C=O) groups is 3. The molecule has 2 aromatic carbocycles. The maximum atomic E-state index is 12.7. The summed E-state index contributed by atoms with van der Waals surface area (Å²) >= 11 is 5.27. The molecule has 0 aromatic heterocycles. The molecule has 148 valence electrons. The number of hydrogen-bond donors (Lipinski definition) is 3. The van der Waals surface area contributed by atoms with E-state index in [0.29, 0.717) is 26.5 Å². The van der Waals surface area contributed by atoms with Gasteiger partial charge in [0.15, 0.2) is 0 Å². The first-order chi connectivity index (χ1) is 13.3. The molecule has 0 saturated heterocycles. The molecule has 1 atom stereocenters. The Morgan fingerprint density at radius 3 is 2.43 bits per heavy atom. The maximum absolute atomic E-state index is 12.7. The number of carbonyl (C=O) groups excluding carboxylic acids is 1. The molecule has 10 heteroatoms. The summed E-state index contributed by atoms with van der Waals surface area (Å²) < 4.78 is 5.86. The van der Waals surface area contributed by atoms with Crippen molar-refractivity contribution in [2.45, 2.75) is 11.7 Å². The molecule has 0 aliphatic rings. The molecular formula is C18H16ClNO6SSe. The summed E-state index contributed by atoms with van der Waals surface area (Å²) in [4.78, 5) is 34.9. The van der Waals surface area contributed by atoms with Crippen LogP contribution in [0.1, 0.15) is 16.8 Å². The van der Waals surface area contributed by atoms with E-state index in [9.17, 15) is 19.5 Å². The summed E-state index contributed by atoms with van der Waals surface area (Å²) in [7, 11) is 2.44. The van der Waals surface area contributed by atoms with Crippen molar-refractivity contribution < 1.29 is 29.3 Å². The average molecular weight is 489 g/mol. The molecule has 0 heterocycles. The number of hydrogen-bond acceptors (Lipinski definition) is 5. The number of methoxy groups -OCH3 is 1. The topological polar surface area (TPSA) is 113 Å². The monoisotopic (exact) mass is 489 g/mol. The number of benzene rings is 2. The predicted octanol–water partition coefficient (Wildman–Crippen LogP) is 2.51. The van der Waals surface area contributed by atoms with Crippen molar-refractivity contribution in [1.29, 1.82) is 0 Å². The summed E-state index contributed by atoms with van der Waals surface area (Å²) in [5.41, 5.74) is 0.888. The number of halogens is 1. The summed E-state index contributed by atoms with van der Waals surface area (Å²) in [5.74, 6) is -2.35. The molecule has 0 aliphatic heterocycles. The van der Waals surface area contributed by atoms with Gasteiger partial charge in [-0.05, 0) is 0 Å². The summed E-state index contributed by atoms with van der Waals surface area (Å²) in [5, 5.41) is 20.3. The van der Waals surface area contributed by atoms with Crippen LogP contribution in [-0.4, -0.2) is 54.3 Å². The van der Waals surface area contributed by atoms with E-state index in [-0.39, 0.29) is 5.91 Å². The fraction of sp³-hybridized carbons (Fsp3) is 0.167. The summed E-state index contributed by atoms with van der Waals surface area (Å²) in [6, 6.07) is 11.5. The first-order valence-electron chi connectivity index (χ1n) is 7.83. The van der Waals surface area contributed by atoms with E-state index < -0.39 is 37.4 Å². The molecule has 0 saturated carbocycles. The molecule has 0 radical (unpaired) electrons. The Morgan fingerprint density at radius 2 is 1.86 bits per heavy atom. The van der Waals surface area contributed by atoms with Crippen molar-refractivity contribution in [3.05, 3.63) is 53.1 Å². The van der Waals surface area contributed by atoms with Crippen molar-refractivity contribution in [3.63, 3.8) is 0 Å². The van der Waals surface area contributed by atoms with Crippen LogP contribution in [0.5, 0.6) is 5.75 Å². The third-order valence-electron chi connectivity index (χ3n) is 3.43. The Morgan fingerprint density at radius 1 is 1.18 bits per heavy atom. The van der Waals surface area contributed by atoms with Gasteiger partial charge < -0.3 is 0 Å². The molecule has 28 heavy (non-hydrogen) atoms. The fourth-order valence-electron chi connectivity index (χ4n) is 2.10. The zero-order valence-electron chi connectivity index (χ0n) is 14.5. The standard InChI is InChI=1S/C18H16ClNO6SSe/c1-26-13-4-2-3-12(17(23)20-11-7-5-10(19)6-8-11)16(13)28-27-14(18(24)25)9-15(21)22/h2-8,14H,9H2,1H3,(H,20,23)(H,21,22)(H,24,25). The van der Waals surface area contributed by atoms with Gasteiger partial charge in [-0.3, -0.25) is 0 Å². The van der Waals surface area contributed by atoms with Crippen molar-refractivity contribution in [2.24, 2.45) is 0 Å². The Balaban J connectivity index is 2.25. The van der Waals surface area contributed by atoms with Gasteiger partial charge in [0.2, 0.25) is 0 Å². The van der Waals surface area contributed by atoms with E-state index in [2.05, 4.69) is 5.32 Å². The van der Waals surface area contributed by atoms with Crippen molar-refractivity contribution in [2.75, 3.05) is 12.4 Å². The van der Waals surface area contributed by atoms with E-state index >= 15 is 0 Å².